The maximum Gasteiger partial charge on any atom is 0.0541 e. The summed E-state index contributed by atoms with van der Waals surface area (Å²) in [4.78, 5) is 2.42. The SMILES string of the molecule is c1ccc(-c2ccccc2-c2ccccc2-c2ccccc2N(c2ccc(-c3ccc4c(ccc5ccccc54)c3)cc2)c2ccc(-c3ccccc3-n3c4ccccc4c4ccccc43)cc2)cc1. The van der Waals surface area contributed by atoms with Crippen LogP contribution in [0.15, 0.2) is 279 Å². The Bertz CT molecular complexity index is 4000. The fourth-order valence-electron chi connectivity index (χ4n) is 10.7. The van der Waals surface area contributed by atoms with Gasteiger partial charge in [0.05, 0.1) is 22.4 Å². The maximum absolute atomic E-state index is 2.42. The van der Waals surface area contributed by atoms with Crippen molar-refractivity contribution in [1.29, 1.82) is 0 Å². The molecular formula is C68H46N2. The third-order valence-electron chi connectivity index (χ3n) is 14.0. The highest BCUT2D eigenvalue weighted by Crippen LogP contribution is 2.46. The molecule has 70 heavy (non-hydrogen) atoms. The number of fused-ring (bicyclic) bond motifs is 6. The van der Waals surface area contributed by atoms with Crippen LogP contribution >= 0.6 is 0 Å². The van der Waals surface area contributed by atoms with Crippen LogP contribution in [0.5, 0.6) is 0 Å². The third kappa shape index (κ3) is 7.13. The van der Waals surface area contributed by atoms with E-state index in [-0.39, 0.29) is 0 Å². The van der Waals surface area contributed by atoms with Crippen molar-refractivity contribution < 1.29 is 0 Å². The van der Waals surface area contributed by atoms with Gasteiger partial charge in [0.15, 0.2) is 0 Å². The Morgan fingerprint density at radius 2 is 0.686 bits per heavy atom. The van der Waals surface area contributed by atoms with Crippen molar-refractivity contribution in [3.05, 3.63) is 279 Å². The highest BCUT2D eigenvalue weighted by atomic mass is 15.1. The Balaban J connectivity index is 0.950. The summed E-state index contributed by atoms with van der Waals surface area (Å²) in [6, 6.07) is 102. The number of anilines is 3. The lowest BCUT2D eigenvalue weighted by Crippen LogP contribution is -2.11. The lowest BCUT2D eigenvalue weighted by molar-refractivity contribution is 1.18. The molecule has 328 valence electrons. The van der Waals surface area contributed by atoms with E-state index in [0.29, 0.717) is 0 Å². The largest absolute Gasteiger partial charge is 0.310 e. The number of aromatic nitrogens is 1. The van der Waals surface area contributed by atoms with Crippen LogP contribution in [0.25, 0.3) is 105 Å². The van der Waals surface area contributed by atoms with Crippen LogP contribution in [0.1, 0.15) is 0 Å². The summed E-state index contributed by atoms with van der Waals surface area (Å²) in [6.07, 6.45) is 0. The van der Waals surface area contributed by atoms with E-state index >= 15 is 0 Å². The van der Waals surface area contributed by atoms with E-state index in [9.17, 15) is 0 Å². The van der Waals surface area contributed by atoms with E-state index in [1.54, 1.807) is 0 Å². The van der Waals surface area contributed by atoms with Gasteiger partial charge in [-0.3, -0.25) is 0 Å². The molecule has 13 aromatic rings. The predicted octanol–water partition coefficient (Wildman–Crippen LogP) is 18.9. The van der Waals surface area contributed by atoms with Gasteiger partial charge in [-0.1, -0.05) is 224 Å². The molecule has 2 heteroatoms. The van der Waals surface area contributed by atoms with Crippen LogP contribution < -0.4 is 4.90 Å². The van der Waals surface area contributed by atoms with Gasteiger partial charge in [-0.25, -0.2) is 0 Å². The third-order valence-corrected chi connectivity index (χ3v) is 14.0. The number of rotatable bonds is 9. The van der Waals surface area contributed by atoms with E-state index in [1.807, 2.05) is 0 Å². The number of para-hydroxylation sites is 4. The molecule has 0 spiro atoms. The molecule has 0 saturated heterocycles. The molecule has 1 heterocycles. The Morgan fingerprint density at radius 3 is 1.37 bits per heavy atom. The lowest BCUT2D eigenvalue weighted by Gasteiger charge is -2.29. The first-order valence-electron chi connectivity index (χ1n) is 24.1. The van der Waals surface area contributed by atoms with Crippen molar-refractivity contribution in [2.24, 2.45) is 0 Å². The topological polar surface area (TPSA) is 8.17 Å². The molecule has 0 radical (unpaired) electrons. The van der Waals surface area contributed by atoms with E-state index in [4.69, 9.17) is 0 Å². The van der Waals surface area contributed by atoms with Crippen LogP contribution in [0, 0.1) is 0 Å². The smallest absolute Gasteiger partial charge is 0.0541 e. The zero-order valence-corrected chi connectivity index (χ0v) is 38.5. The maximum atomic E-state index is 2.42. The minimum atomic E-state index is 1.07. The van der Waals surface area contributed by atoms with Gasteiger partial charge in [-0.05, 0) is 121 Å². The molecule has 0 amide bonds. The number of hydrogen-bond acceptors (Lipinski definition) is 1. The first-order chi connectivity index (χ1) is 34.7. The van der Waals surface area contributed by atoms with Gasteiger partial charge >= 0.3 is 0 Å². The van der Waals surface area contributed by atoms with Crippen LogP contribution in [0.3, 0.4) is 0 Å². The molecule has 0 aliphatic rings. The van der Waals surface area contributed by atoms with Gasteiger partial charge in [0.2, 0.25) is 0 Å². The van der Waals surface area contributed by atoms with E-state index in [1.165, 1.54) is 87.9 Å². The minimum absolute atomic E-state index is 1.07. The number of hydrogen-bond donors (Lipinski definition) is 0. The van der Waals surface area contributed by atoms with Crippen LogP contribution in [0.2, 0.25) is 0 Å². The number of nitrogens with zero attached hydrogens (tertiary/aromatic N) is 2. The molecule has 1 aromatic heterocycles. The molecule has 0 aliphatic carbocycles. The summed E-state index contributed by atoms with van der Waals surface area (Å²) < 4.78 is 2.42. The Labute approximate surface area is 408 Å². The highest BCUT2D eigenvalue weighted by Gasteiger charge is 2.21. The predicted molar refractivity (Wildman–Crippen MR) is 298 cm³/mol. The molecular weight excluding hydrogens is 845 g/mol. The number of benzene rings is 12. The van der Waals surface area contributed by atoms with Gasteiger partial charge in [-0.15, -0.1) is 0 Å². The van der Waals surface area contributed by atoms with Crippen molar-refractivity contribution >= 4 is 60.4 Å². The summed E-state index contributed by atoms with van der Waals surface area (Å²) in [5.41, 5.74) is 18.6. The second kappa shape index (κ2) is 17.4. The highest BCUT2D eigenvalue weighted by molar-refractivity contribution is 6.10. The van der Waals surface area contributed by atoms with Crippen LogP contribution in [-0.4, -0.2) is 4.57 Å². The van der Waals surface area contributed by atoms with Gasteiger partial charge < -0.3 is 9.47 Å². The molecule has 0 N–H and O–H groups in total. The summed E-state index contributed by atoms with van der Waals surface area (Å²) in [5, 5.41) is 7.56. The molecule has 13 rings (SSSR count). The average molecular weight is 891 g/mol. The second-order valence-corrected chi connectivity index (χ2v) is 18.0. The average Bonchev–Trinajstić information content (AvgIpc) is 3.78. The molecule has 12 aromatic carbocycles. The Morgan fingerprint density at radius 1 is 0.243 bits per heavy atom. The molecule has 0 unspecified atom stereocenters. The first-order valence-corrected chi connectivity index (χ1v) is 24.1. The summed E-state index contributed by atoms with van der Waals surface area (Å²) in [7, 11) is 0. The van der Waals surface area contributed by atoms with Gasteiger partial charge in [0.1, 0.15) is 0 Å². The second-order valence-electron chi connectivity index (χ2n) is 18.0. The summed E-state index contributed by atoms with van der Waals surface area (Å²) in [6.45, 7) is 0. The minimum Gasteiger partial charge on any atom is -0.310 e. The van der Waals surface area contributed by atoms with Gasteiger partial charge in [-0.2, -0.15) is 0 Å². The standard InChI is InChI=1S/C68H46N2/c1-2-18-48(19-3-1)56-22-6-7-24-59(56)60-25-8-9-26-61(60)62-27-11-15-31-66(62)69(53-41-36-47(37-42-53)51-40-45-57-52(46-51)35-34-49-20-4-5-21-55(49)57)54-43-38-50(39-44-54)58-23-10-14-30-65(58)70-67-32-16-12-28-63(67)64-29-13-17-33-68(64)70/h1-46H. The van der Waals surface area contributed by atoms with Crippen molar-refractivity contribution in [2.75, 3.05) is 4.90 Å². The zero-order valence-electron chi connectivity index (χ0n) is 38.5. The fourth-order valence-corrected chi connectivity index (χ4v) is 10.7. The zero-order chi connectivity index (χ0) is 46.4. The van der Waals surface area contributed by atoms with Crippen molar-refractivity contribution in [3.8, 4) is 61.3 Å². The van der Waals surface area contributed by atoms with Gasteiger partial charge in [0, 0.05) is 33.3 Å². The molecule has 0 fully saturated rings. The quantitative estimate of drug-likeness (QED) is 0.131. The van der Waals surface area contributed by atoms with Crippen molar-refractivity contribution in [2.45, 2.75) is 0 Å². The Kier molecular flexibility index (Phi) is 10.2. The van der Waals surface area contributed by atoms with E-state index < -0.39 is 0 Å². The molecule has 0 aliphatic heterocycles. The summed E-state index contributed by atoms with van der Waals surface area (Å²) >= 11 is 0. The van der Waals surface area contributed by atoms with Crippen LogP contribution in [0.4, 0.5) is 17.1 Å². The van der Waals surface area contributed by atoms with Gasteiger partial charge in [0.25, 0.3) is 0 Å². The van der Waals surface area contributed by atoms with Crippen molar-refractivity contribution in [3.63, 3.8) is 0 Å². The van der Waals surface area contributed by atoms with E-state index in [2.05, 4.69) is 289 Å². The molecule has 2 nitrogen and oxygen atoms in total. The molecule has 0 atom stereocenters. The molecule has 0 bridgehead atoms. The van der Waals surface area contributed by atoms with E-state index in [0.717, 1.165) is 33.9 Å². The van der Waals surface area contributed by atoms with Crippen molar-refractivity contribution in [1.82, 2.24) is 4.57 Å². The molecule has 0 saturated carbocycles. The Hall–Kier alpha value is -9.24. The first kappa shape index (κ1) is 41.0. The lowest BCUT2D eigenvalue weighted by atomic mass is 9.88. The monoisotopic (exact) mass is 890 g/mol. The fraction of sp³-hybridized carbons (Fsp3) is 0. The normalized spacial score (nSPS) is 11.4. The summed E-state index contributed by atoms with van der Waals surface area (Å²) in [5.74, 6) is 0. The van der Waals surface area contributed by atoms with Crippen LogP contribution in [-0.2, 0) is 0 Å².